The number of unbranched alkanes of at least 4 members (excludes halogenated alkanes) is 3. The van der Waals surface area contributed by atoms with Gasteiger partial charge >= 0.3 is 0 Å². The maximum atomic E-state index is 5.86. The van der Waals surface area contributed by atoms with Crippen molar-refractivity contribution < 1.29 is 14.2 Å². The first-order valence-corrected chi connectivity index (χ1v) is 8.12. The molecule has 0 aliphatic rings. The molecular formula is C16H34O3. The minimum atomic E-state index is 0.199. The van der Waals surface area contributed by atoms with E-state index >= 15 is 0 Å². The monoisotopic (exact) mass is 274 g/mol. The van der Waals surface area contributed by atoms with E-state index in [0.717, 1.165) is 52.1 Å². The fourth-order valence-electron chi connectivity index (χ4n) is 1.63. The molecule has 0 amide bonds. The molecular weight excluding hydrogens is 240 g/mol. The van der Waals surface area contributed by atoms with Crippen molar-refractivity contribution in [2.45, 2.75) is 71.8 Å². The van der Waals surface area contributed by atoms with Crippen molar-refractivity contribution in [3.05, 3.63) is 0 Å². The van der Waals surface area contributed by atoms with Gasteiger partial charge in [0.2, 0.25) is 0 Å². The number of hydrogen-bond acceptors (Lipinski definition) is 3. The number of rotatable bonds is 15. The Morgan fingerprint density at radius 1 is 0.684 bits per heavy atom. The van der Waals surface area contributed by atoms with Crippen LogP contribution in [0.15, 0.2) is 0 Å². The van der Waals surface area contributed by atoms with Crippen molar-refractivity contribution >= 4 is 0 Å². The van der Waals surface area contributed by atoms with Gasteiger partial charge in [-0.2, -0.15) is 0 Å². The van der Waals surface area contributed by atoms with Gasteiger partial charge in [-0.25, -0.2) is 0 Å². The van der Waals surface area contributed by atoms with Gasteiger partial charge in [0.1, 0.15) is 0 Å². The van der Waals surface area contributed by atoms with Crippen LogP contribution in [0.25, 0.3) is 0 Å². The van der Waals surface area contributed by atoms with Gasteiger partial charge in [-0.3, -0.25) is 0 Å². The molecule has 0 saturated heterocycles. The van der Waals surface area contributed by atoms with Crippen LogP contribution in [0.2, 0.25) is 0 Å². The lowest BCUT2D eigenvalue weighted by Crippen LogP contribution is -2.23. The molecule has 0 fully saturated rings. The topological polar surface area (TPSA) is 27.7 Å². The summed E-state index contributed by atoms with van der Waals surface area (Å²) in [4.78, 5) is 0. The van der Waals surface area contributed by atoms with Gasteiger partial charge in [-0.1, -0.05) is 40.0 Å². The van der Waals surface area contributed by atoms with E-state index in [1.54, 1.807) is 0 Å². The first-order chi connectivity index (χ1) is 9.35. The molecule has 1 atom stereocenters. The Hall–Kier alpha value is -0.120. The molecule has 0 saturated carbocycles. The second-order valence-corrected chi connectivity index (χ2v) is 5.03. The Labute approximate surface area is 120 Å². The minimum Gasteiger partial charge on any atom is -0.381 e. The molecule has 0 aromatic rings. The van der Waals surface area contributed by atoms with Crippen molar-refractivity contribution in [2.75, 3.05) is 33.0 Å². The van der Waals surface area contributed by atoms with Crippen LogP contribution >= 0.6 is 0 Å². The van der Waals surface area contributed by atoms with Crippen molar-refractivity contribution in [1.29, 1.82) is 0 Å². The highest BCUT2D eigenvalue weighted by molar-refractivity contribution is 4.57. The Morgan fingerprint density at radius 2 is 1.26 bits per heavy atom. The molecule has 0 aromatic heterocycles. The van der Waals surface area contributed by atoms with Crippen LogP contribution in [0.5, 0.6) is 0 Å². The van der Waals surface area contributed by atoms with Crippen molar-refractivity contribution in [2.24, 2.45) is 0 Å². The molecule has 0 spiro atoms. The van der Waals surface area contributed by atoms with Crippen LogP contribution in [0, 0.1) is 0 Å². The van der Waals surface area contributed by atoms with E-state index in [9.17, 15) is 0 Å². The smallest absolute Gasteiger partial charge is 0.0830 e. The second kappa shape index (κ2) is 15.9. The van der Waals surface area contributed by atoms with E-state index in [-0.39, 0.29) is 6.10 Å². The minimum absolute atomic E-state index is 0.199. The number of ether oxygens (including phenoxy) is 3. The standard InChI is InChI=1S/C16H34O3/c1-4-7-11-17-14-10-16(19-13-9-6-3)15-18-12-8-5-2/h16H,4-15H2,1-3H3. The molecule has 0 bridgehead atoms. The molecule has 116 valence electrons. The van der Waals surface area contributed by atoms with Gasteiger partial charge in [0.25, 0.3) is 0 Å². The molecule has 0 rings (SSSR count). The molecule has 0 aromatic carbocycles. The summed E-state index contributed by atoms with van der Waals surface area (Å²) in [5.74, 6) is 0. The molecule has 1 unspecified atom stereocenters. The molecule has 0 N–H and O–H groups in total. The van der Waals surface area contributed by atoms with E-state index in [0.29, 0.717) is 6.61 Å². The lowest BCUT2D eigenvalue weighted by Gasteiger charge is -2.18. The molecule has 3 heteroatoms. The summed E-state index contributed by atoms with van der Waals surface area (Å²) < 4.78 is 17.1. The third-order valence-electron chi connectivity index (χ3n) is 3.02. The molecule has 0 heterocycles. The van der Waals surface area contributed by atoms with E-state index in [4.69, 9.17) is 14.2 Å². The van der Waals surface area contributed by atoms with Crippen molar-refractivity contribution in [1.82, 2.24) is 0 Å². The summed E-state index contributed by atoms with van der Waals surface area (Å²) in [6.07, 6.45) is 8.10. The third kappa shape index (κ3) is 14.1. The van der Waals surface area contributed by atoms with Crippen LogP contribution < -0.4 is 0 Å². The Morgan fingerprint density at radius 3 is 1.89 bits per heavy atom. The number of hydrogen-bond donors (Lipinski definition) is 0. The fraction of sp³-hybridized carbons (Fsp3) is 1.00. The van der Waals surface area contributed by atoms with Crippen LogP contribution in [-0.2, 0) is 14.2 Å². The average Bonchev–Trinajstić information content (AvgIpc) is 2.42. The van der Waals surface area contributed by atoms with Crippen LogP contribution in [0.4, 0.5) is 0 Å². The van der Waals surface area contributed by atoms with Gasteiger partial charge in [0.05, 0.1) is 12.7 Å². The summed E-state index contributed by atoms with van der Waals surface area (Å²) >= 11 is 0. The first kappa shape index (κ1) is 18.9. The lowest BCUT2D eigenvalue weighted by atomic mass is 10.2. The maximum Gasteiger partial charge on any atom is 0.0830 e. The summed E-state index contributed by atoms with van der Waals surface area (Å²) in [6.45, 7) is 10.6. The highest BCUT2D eigenvalue weighted by Crippen LogP contribution is 2.04. The predicted molar refractivity (Wildman–Crippen MR) is 80.7 cm³/mol. The van der Waals surface area contributed by atoms with Gasteiger partial charge < -0.3 is 14.2 Å². The molecule has 3 nitrogen and oxygen atoms in total. The van der Waals surface area contributed by atoms with Crippen molar-refractivity contribution in [3.63, 3.8) is 0 Å². The van der Waals surface area contributed by atoms with E-state index in [1.807, 2.05) is 0 Å². The zero-order chi connectivity index (χ0) is 14.2. The molecule has 0 radical (unpaired) electrons. The highest BCUT2D eigenvalue weighted by Gasteiger charge is 2.09. The van der Waals surface area contributed by atoms with Crippen LogP contribution in [0.1, 0.15) is 65.7 Å². The fourth-order valence-corrected chi connectivity index (χ4v) is 1.63. The van der Waals surface area contributed by atoms with Crippen LogP contribution in [0.3, 0.4) is 0 Å². The second-order valence-electron chi connectivity index (χ2n) is 5.03. The molecule has 0 aliphatic carbocycles. The highest BCUT2D eigenvalue weighted by atomic mass is 16.5. The Balaban J connectivity index is 3.63. The lowest BCUT2D eigenvalue weighted by molar-refractivity contribution is -0.0345. The van der Waals surface area contributed by atoms with E-state index in [1.165, 1.54) is 19.3 Å². The summed E-state index contributed by atoms with van der Waals surface area (Å²) in [6, 6.07) is 0. The first-order valence-electron chi connectivity index (χ1n) is 8.12. The Kier molecular flexibility index (Phi) is 15.8. The normalized spacial score (nSPS) is 12.8. The zero-order valence-corrected chi connectivity index (χ0v) is 13.3. The zero-order valence-electron chi connectivity index (χ0n) is 13.3. The van der Waals surface area contributed by atoms with Gasteiger partial charge in [0.15, 0.2) is 0 Å². The molecule has 0 aliphatic heterocycles. The van der Waals surface area contributed by atoms with Crippen molar-refractivity contribution in [3.8, 4) is 0 Å². The third-order valence-corrected chi connectivity index (χ3v) is 3.02. The predicted octanol–water partition coefficient (Wildman–Crippen LogP) is 4.20. The summed E-state index contributed by atoms with van der Waals surface area (Å²) in [5, 5.41) is 0. The summed E-state index contributed by atoms with van der Waals surface area (Å²) in [7, 11) is 0. The quantitative estimate of drug-likeness (QED) is 0.419. The van der Waals surface area contributed by atoms with Gasteiger partial charge in [0, 0.05) is 26.4 Å². The van der Waals surface area contributed by atoms with Gasteiger partial charge in [-0.15, -0.1) is 0 Å². The SMILES string of the molecule is CCCCOCCC(COCCCC)OCCCC. The van der Waals surface area contributed by atoms with E-state index in [2.05, 4.69) is 20.8 Å². The van der Waals surface area contributed by atoms with Crippen LogP contribution in [-0.4, -0.2) is 39.1 Å². The Bertz CT molecular complexity index is 162. The maximum absolute atomic E-state index is 5.86. The average molecular weight is 274 g/mol. The van der Waals surface area contributed by atoms with Gasteiger partial charge in [-0.05, 0) is 25.7 Å². The largest absolute Gasteiger partial charge is 0.381 e. The van der Waals surface area contributed by atoms with E-state index < -0.39 is 0 Å². The summed E-state index contributed by atoms with van der Waals surface area (Å²) in [5.41, 5.74) is 0. The molecule has 19 heavy (non-hydrogen) atoms.